The molecule has 0 atom stereocenters. The lowest BCUT2D eigenvalue weighted by Gasteiger charge is -2.07. The predicted octanol–water partition coefficient (Wildman–Crippen LogP) is 4.40. The van der Waals surface area contributed by atoms with Crippen LogP contribution in [0.15, 0.2) is 77.9 Å². The van der Waals surface area contributed by atoms with E-state index < -0.39 is 11.9 Å². The summed E-state index contributed by atoms with van der Waals surface area (Å²) >= 11 is 5.96. The molecule has 0 fully saturated rings. The summed E-state index contributed by atoms with van der Waals surface area (Å²) in [6.45, 7) is 1.66. The molecule has 0 spiro atoms. The zero-order valence-corrected chi connectivity index (χ0v) is 16.9. The van der Waals surface area contributed by atoms with Gasteiger partial charge in [-0.2, -0.15) is 5.10 Å². The zero-order chi connectivity index (χ0) is 21.3. The van der Waals surface area contributed by atoms with Crippen LogP contribution < -0.4 is 14.9 Å². The molecule has 7 heteroatoms. The van der Waals surface area contributed by atoms with Crippen molar-refractivity contribution >= 4 is 29.7 Å². The van der Waals surface area contributed by atoms with E-state index in [9.17, 15) is 9.59 Å². The smallest absolute Gasteiger partial charge is 0.343 e. The van der Waals surface area contributed by atoms with Gasteiger partial charge in [0.2, 0.25) is 0 Å². The number of hydrogen-bond acceptors (Lipinski definition) is 5. The fourth-order valence-electron chi connectivity index (χ4n) is 2.47. The predicted molar refractivity (Wildman–Crippen MR) is 115 cm³/mol. The maximum Gasteiger partial charge on any atom is 0.343 e. The first-order valence-corrected chi connectivity index (χ1v) is 9.47. The summed E-state index contributed by atoms with van der Waals surface area (Å²) in [6, 6.07) is 20.7. The molecule has 1 N–H and O–H groups in total. The Labute approximate surface area is 179 Å². The number of ether oxygens (including phenoxy) is 2. The first kappa shape index (κ1) is 21.1. The third-order valence-electron chi connectivity index (χ3n) is 3.98. The van der Waals surface area contributed by atoms with Gasteiger partial charge in [0.05, 0.1) is 11.8 Å². The number of amides is 1. The minimum Gasteiger partial charge on any atom is -0.484 e. The van der Waals surface area contributed by atoms with Gasteiger partial charge < -0.3 is 9.47 Å². The molecule has 0 aliphatic rings. The third kappa shape index (κ3) is 6.18. The number of halogens is 1. The lowest BCUT2D eigenvalue weighted by atomic mass is 10.2. The van der Waals surface area contributed by atoms with Crippen LogP contribution in [0, 0.1) is 6.92 Å². The maximum atomic E-state index is 12.1. The van der Waals surface area contributed by atoms with Crippen molar-refractivity contribution in [3.05, 3.63) is 94.5 Å². The summed E-state index contributed by atoms with van der Waals surface area (Å²) in [6.07, 6.45) is 1.45. The second kappa shape index (κ2) is 10.2. The number of carbonyl (C=O) groups is 2. The number of esters is 1. The Morgan fingerprint density at radius 1 is 1.00 bits per heavy atom. The summed E-state index contributed by atoms with van der Waals surface area (Å²) in [5.41, 5.74) is 4.36. The van der Waals surface area contributed by atoms with Crippen molar-refractivity contribution in [2.75, 3.05) is 6.61 Å². The second-order valence-corrected chi connectivity index (χ2v) is 6.73. The van der Waals surface area contributed by atoms with Crippen molar-refractivity contribution in [1.82, 2.24) is 5.43 Å². The van der Waals surface area contributed by atoms with E-state index in [2.05, 4.69) is 10.5 Å². The van der Waals surface area contributed by atoms with Crippen LogP contribution in [0.5, 0.6) is 11.5 Å². The van der Waals surface area contributed by atoms with Gasteiger partial charge in [-0.05, 0) is 60.5 Å². The van der Waals surface area contributed by atoms with Crippen LogP contribution in [0.4, 0.5) is 0 Å². The van der Waals surface area contributed by atoms with Crippen molar-refractivity contribution in [2.24, 2.45) is 5.10 Å². The molecule has 3 aromatic carbocycles. The molecule has 30 heavy (non-hydrogen) atoms. The number of hydrazone groups is 1. The molecule has 152 valence electrons. The quantitative estimate of drug-likeness (QED) is 0.265. The molecule has 0 saturated carbocycles. The van der Waals surface area contributed by atoms with Crippen LogP contribution in [-0.4, -0.2) is 24.7 Å². The third-order valence-corrected chi connectivity index (χ3v) is 4.40. The highest BCUT2D eigenvalue weighted by Crippen LogP contribution is 2.20. The number of aryl methyl sites for hydroxylation is 1. The second-order valence-electron chi connectivity index (χ2n) is 6.32. The summed E-state index contributed by atoms with van der Waals surface area (Å²) in [5, 5.41) is 4.53. The van der Waals surface area contributed by atoms with Gasteiger partial charge in [0.25, 0.3) is 5.91 Å². The largest absolute Gasteiger partial charge is 0.484 e. The summed E-state index contributed by atoms with van der Waals surface area (Å²) in [7, 11) is 0. The van der Waals surface area contributed by atoms with E-state index in [4.69, 9.17) is 21.1 Å². The molecule has 0 saturated heterocycles. The monoisotopic (exact) mass is 422 g/mol. The molecule has 0 aromatic heterocycles. The van der Waals surface area contributed by atoms with E-state index in [1.54, 1.807) is 66.7 Å². The number of benzene rings is 3. The Kier molecular flexibility index (Phi) is 7.19. The van der Waals surface area contributed by atoms with E-state index in [1.807, 2.05) is 13.0 Å². The normalized spacial score (nSPS) is 10.6. The fraction of sp³-hybridized carbons (Fsp3) is 0.0870. The van der Waals surface area contributed by atoms with Gasteiger partial charge in [-0.3, -0.25) is 4.79 Å². The van der Waals surface area contributed by atoms with Crippen LogP contribution in [0.3, 0.4) is 0 Å². The van der Waals surface area contributed by atoms with Crippen molar-refractivity contribution in [3.8, 4) is 11.5 Å². The Bertz CT molecular complexity index is 1070. The number of hydrogen-bond donors (Lipinski definition) is 1. The molecule has 0 aliphatic carbocycles. The van der Waals surface area contributed by atoms with E-state index in [0.29, 0.717) is 27.6 Å². The van der Waals surface area contributed by atoms with E-state index in [1.165, 1.54) is 6.21 Å². The Morgan fingerprint density at radius 2 is 1.80 bits per heavy atom. The standard InChI is InChI=1S/C23H19ClN2O4/c1-16-12-19(10-11-21(16)24)29-15-22(27)26-25-14-17-6-5-9-20(13-17)30-23(28)18-7-3-2-4-8-18/h2-14H,15H2,1H3,(H,26,27)/b25-14-. The van der Waals surface area contributed by atoms with Crippen LogP contribution in [0.1, 0.15) is 21.5 Å². The Balaban J connectivity index is 1.50. The molecular formula is C23H19ClN2O4. The van der Waals surface area contributed by atoms with Crippen LogP contribution in [-0.2, 0) is 4.79 Å². The fourth-order valence-corrected chi connectivity index (χ4v) is 2.58. The lowest BCUT2D eigenvalue weighted by Crippen LogP contribution is -2.24. The molecule has 0 heterocycles. The van der Waals surface area contributed by atoms with Crippen molar-refractivity contribution in [2.45, 2.75) is 6.92 Å². The summed E-state index contributed by atoms with van der Waals surface area (Å²) in [5.74, 6) is 0.0580. The molecule has 0 unspecified atom stereocenters. The number of rotatable bonds is 7. The first-order valence-electron chi connectivity index (χ1n) is 9.09. The van der Waals surface area contributed by atoms with Gasteiger partial charge in [0, 0.05) is 5.02 Å². The van der Waals surface area contributed by atoms with E-state index in [-0.39, 0.29) is 6.61 Å². The van der Waals surface area contributed by atoms with Crippen molar-refractivity contribution in [1.29, 1.82) is 0 Å². The van der Waals surface area contributed by atoms with Crippen molar-refractivity contribution in [3.63, 3.8) is 0 Å². The summed E-state index contributed by atoms with van der Waals surface area (Å²) in [4.78, 5) is 24.0. The molecule has 0 radical (unpaired) electrons. The Hall–Kier alpha value is -3.64. The van der Waals surface area contributed by atoms with Gasteiger partial charge in [0.1, 0.15) is 11.5 Å². The molecule has 3 rings (SSSR count). The highest BCUT2D eigenvalue weighted by Gasteiger charge is 2.08. The van der Waals surface area contributed by atoms with Crippen LogP contribution in [0.25, 0.3) is 0 Å². The maximum absolute atomic E-state index is 12.1. The first-order chi connectivity index (χ1) is 14.5. The molecule has 0 aliphatic heterocycles. The SMILES string of the molecule is Cc1cc(OCC(=O)N/N=C\c2cccc(OC(=O)c3ccccc3)c2)ccc1Cl. The Morgan fingerprint density at radius 3 is 2.57 bits per heavy atom. The topological polar surface area (TPSA) is 77.0 Å². The van der Waals surface area contributed by atoms with Gasteiger partial charge in [-0.1, -0.05) is 41.9 Å². The molecule has 3 aromatic rings. The molecule has 1 amide bonds. The highest BCUT2D eigenvalue weighted by atomic mass is 35.5. The molecule has 6 nitrogen and oxygen atoms in total. The summed E-state index contributed by atoms with van der Waals surface area (Å²) < 4.78 is 10.8. The molecule has 0 bridgehead atoms. The average molecular weight is 423 g/mol. The van der Waals surface area contributed by atoms with Crippen LogP contribution >= 0.6 is 11.6 Å². The van der Waals surface area contributed by atoms with Crippen molar-refractivity contribution < 1.29 is 19.1 Å². The minimum atomic E-state index is -0.451. The minimum absolute atomic E-state index is 0.187. The number of nitrogens with one attached hydrogen (secondary N) is 1. The van der Waals surface area contributed by atoms with E-state index >= 15 is 0 Å². The highest BCUT2D eigenvalue weighted by molar-refractivity contribution is 6.31. The number of carbonyl (C=O) groups excluding carboxylic acids is 2. The zero-order valence-electron chi connectivity index (χ0n) is 16.2. The van der Waals surface area contributed by atoms with Crippen LogP contribution in [0.2, 0.25) is 5.02 Å². The number of nitrogens with zero attached hydrogens (tertiary/aromatic N) is 1. The lowest BCUT2D eigenvalue weighted by molar-refractivity contribution is -0.123. The van der Waals surface area contributed by atoms with Gasteiger partial charge >= 0.3 is 5.97 Å². The molecular weight excluding hydrogens is 404 g/mol. The van der Waals surface area contributed by atoms with Gasteiger partial charge in [-0.25, -0.2) is 10.2 Å². The van der Waals surface area contributed by atoms with E-state index in [0.717, 1.165) is 5.56 Å². The van der Waals surface area contributed by atoms with Gasteiger partial charge in [-0.15, -0.1) is 0 Å². The van der Waals surface area contributed by atoms with Gasteiger partial charge in [0.15, 0.2) is 6.61 Å². The average Bonchev–Trinajstić information content (AvgIpc) is 2.75.